The normalized spacial score (nSPS) is 38.7. The molecule has 0 bridgehead atoms. The van der Waals surface area contributed by atoms with Crippen LogP contribution in [-0.4, -0.2) is 23.2 Å². The van der Waals surface area contributed by atoms with Crippen molar-refractivity contribution in [2.24, 2.45) is 11.3 Å². The molecule has 0 amide bonds. The van der Waals surface area contributed by atoms with Gasteiger partial charge in [0.15, 0.2) is 0 Å². The molecule has 86 valence electrons. The summed E-state index contributed by atoms with van der Waals surface area (Å²) in [6.07, 6.45) is 5.54. The van der Waals surface area contributed by atoms with Gasteiger partial charge < -0.3 is 10.4 Å². The van der Waals surface area contributed by atoms with Crippen molar-refractivity contribution in [2.75, 3.05) is 0 Å². The van der Waals surface area contributed by atoms with Crippen molar-refractivity contribution in [3.63, 3.8) is 0 Å². The van der Waals surface area contributed by atoms with Crippen molar-refractivity contribution < 1.29 is 9.90 Å². The Kier molecular flexibility index (Phi) is 2.75. The van der Waals surface area contributed by atoms with E-state index in [1.165, 1.54) is 19.3 Å². The van der Waals surface area contributed by atoms with Gasteiger partial charge in [0.1, 0.15) is 0 Å². The third-order valence-corrected chi connectivity index (χ3v) is 4.01. The van der Waals surface area contributed by atoms with Crippen LogP contribution >= 0.6 is 0 Å². The van der Waals surface area contributed by atoms with E-state index in [4.69, 9.17) is 5.11 Å². The van der Waals surface area contributed by atoms with Crippen molar-refractivity contribution >= 4 is 5.97 Å². The van der Waals surface area contributed by atoms with E-state index in [1.54, 1.807) is 0 Å². The van der Waals surface area contributed by atoms with Crippen LogP contribution in [0.3, 0.4) is 0 Å². The van der Waals surface area contributed by atoms with Gasteiger partial charge in [0.2, 0.25) is 0 Å². The van der Waals surface area contributed by atoms with E-state index in [2.05, 4.69) is 19.2 Å². The number of hydrogen-bond acceptors (Lipinski definition) is 2. The van der Waals surface area contributed by atoms with Gasteiger partial charge in [0.25, 0.3) is 0 Å². The van der Waals surface area contributed by atoms with Crippen LogP contribution in [0.4, 0.5) is 0 Å². The molecule has 0 aliphatic heterocycles. The predicted octanol–water partition coefficient (Wildman–Crippen LogP) is 2.02. The zero-order chi connectivity index (χ0) is 11.1. The second kappa shape index (κ2) is 3.78. The zero-order valence-electron chi connectivity index (χ0n) is 9.62. The van der Waals surface area contributed by atoms with Gasteiger partial charge in [0.05, 0.1) is 5.92 Å². The quantitative estimate of drug-likeness (QED) is 0.751. The minimum atomic E-state index is -0.629. The molecule has 0 saturated heterocycles. The fraction of sp³-hybridized carbons (Fsp3) is 0.917. The smallest absolute Gasteiger partial charge is 0.308 e. The van der Waals surface area contributed by atoms with Crippen LogP contribution < -0.4 is 5.32 Å². The fourth-order valence-corrected chi connectivity index (χ4v) is 2.88. The third kappa shape index (κ3) is 2.33. The Hall–Kier alpha value is -0.570. The molecular weight excluding hydrogens is 190 g/mol. The second-order valence-corrected chi connectivity index (χ2v) is 5.90. The number of carboxylic acids is 1. The second-order valence-electron chi connectivity index (χ2n) is 5.90. The number of hydrogen-bond donors (Lipinski definition) is 2. The van der Waals surface area contributed by atoms with Gasteiger partial charge in [-0.1, -0.05) is 13.8 Å². The molecule has 3 unspecified atom stereocenters. The molecule has 2 N–H and O–H groups in total. The molecule has 0 aromatic rings. The molecule has 0 spiro atoms. The monoisotopic (exact) mass is 211 g/mol. The van der Waals surface area contributed by atoms with Crippen molar-refractivity contribution in [3.8, 4) is 0 Å². The largest absolute Gasteiger partial charge is 0.481 e. The lowest BCUT2D eigenvalue weighted by Gasteiger charge is -2.36. The van der Waals surface area contributed by atoms with Gasteiger partial charge in [-0.25, -0.2) is 0 Å². The highest BCUT2D eigenvalue weighted by molar-refractivity contribution is 5.72. The lowest BCUT2D eigenvalue weighted by atomic mass is 9.79. The highest BCUT2D eigenvalue weighted by atomic mass is 16.4. The van der Waals surface area contributed by atoms with Gasteiger partial charge in [-0.05, 0) is 37.5 Å². The highest BCUT2D eigenvalue weighted by Crippen LogP contribution is 2.38. The number of aliphatic carboxylic acids is 1. The average molecular weight is 211 g/mol. The van der Waals surface area contributed by atoms with E-state index in [9.17, 15) is 4.79 Å². The lowest BCUT2D eigenvalue weighted by Crippen LogP contribution is -2.50. The van der Waals surface area contributed by atoms with Gasteiger partial charge in [-0.2, -0.15) is 0 Å². The molecule has 2 aliphatic rings. The zero-order valence-corrected chi connectivity index (χ0v) is 9.62. The summed E-state index contributed by atoms with van der Waals surface area (Å²) < 4.78 is 0. The maximum atomic E-state index is 10.9. The number of carbonyl (C=O) groups is 1. The Morgan fingerprint density at radius 1 is 1.33 bits per heavy atom. The first-order chi connectivity index (χ1) is 6.98. The van der Waals surface area contributed by atoms with Crippen LogP contribution in [0.1, 0.15) is 46.0 Å². The van der Waals surface area contributed by atoms with Gasteiger partial charge >= 0.3 is 5.97 Å². The maximum Gasteiger partial charge on any atom is 0.308 e. The first kappa shape index (κ1) is 10.9. The summed E-state index contributed by atoms with van der Waals surface area (Å²) in [5.41, 5.74) is 0.445. The van der Waals surface area contributed by atoms with Crippen LogP contribution in [-0.2, 0) is 4.79 Å². The molecule has 2 saturated carbocycles. The molecule has 3 nitrogen and oxygen atoms in total. The Bertz CT molecular complexity index is 262. The average Bonchev–Trinajstić information content (AvgIpc) is 2.38. The summed E-state index contributed by atoms with van der Waals surface area (Å²) in [6, 6.07) is 0.786. The molecule has 0 heterocycles. The molecular formula is C12H21NO2. The molecule has 15 heavy (non-hydrogen) atoms. The van der Waals surface area contributed by atoms with Crippen molar-refractivity contribution in [2.45, 2.75) is 58.0 Å². The number of rotatable bonds is 3. The third-order valence-electron chi connectivity index (χ3n) is 4.01. The Morgan fingerprint density at radius 3 is 2.47 bits per heavy atom. The Balaban J connectivity index is 1.81. The summed E-state index contributed by atoms with van der Waals surface area (Å²) in [6.45, 7) is 4.59. The van der Waals surface area contributed by atoms with E-state index in [-0.39, 0.29) is 12.0 Å². The minimum absolute atomic E-state index is 0.131. The first-order valence-corrected chi connectivity index (χ1v) is 5.97. The molecule has 0 aromatic heterocycles. The Morgan fingerprint density at radius 2 is 2.07 bits per heavy atom. The molecule has 3 atom stereocenters. The molecule has 0 radical (unpaired) electrons. The van der Waals surface area contributed by atoms with Crippen molar-refractivity contribution in [1.29, 1.82) is 0 Å². The van der Waals surface area contributed by atoms with E-state index >= 15 is 0 Å². The Labute approximate surface area is 91.2 Å². The predicted molar refractivity (Wildman–Crippen MR) is 58.7 cm³/mol. The van der Waals surface area contributed by atoms with Crippen molar-refractivity contribution in [3.05, 3.63) is 0 Å². The van der Waals surface area contributed by atoms with Crippen LogP contribution in [0.15, 0.2) is 0 Å². The van der Waals surface area contributed by atoms with Crippen LogP contribution in [0.2, 0.25) is 0 Å². The summed E-state index contributed by atoms with van der Waals surface area (Å²) >= 11 is 0. The number of nitrogens with one attached hydrogen (secondary N) is 1. The summed E-state index contributed by atoms with van der Waals surface area (Å²) in [4.78, 5) is 10.9. The molecule has 0 aromatic carbocycles. The van der Waals surface area contributed by atoms with E-state index in [0.29, 0.717) is 11.5 Å². The standard InChI is InChI=1S/C12H21NO2/c1-12(2)6-5-8(7-12)13-10-4-3-9(10)11(14)15/h8-10,13H,3-7H2,1-2H3,(H,14,15). The van der Waals surface area contributed by atoms with Crippen LogP contribution in [0, 0.1) is 11.3 Å². The topological polar surface area (TPSA) is 49.3 Å². The lowest BCUT2D eigenvalue weighted by molar-refractivity contribution is -0.146. The van der Waals surface area contributed by atoms with Gasteiger partial charge in [-0.15, -0.1) is 0 Å². The van der Waals surface area contributed by atoms with Gasteiger partial charge in [0, 0.05) is 12.1 Å². The number of carboxylic acid groups (broad SMARTS) is 1. The fourth-order valence-electron chi connectivity index (χ4n) is 2.88. The van der Waals surface area contributed by atoms with E-state index in [1.807, 2.05) is 0 Å². The van der Waals surface area contributed by atoms with Crippen molar-refractivity contribution in [1.82, 2.24) is 5.32 Å². The molecule has 2 fully saturated rings. The molecule has 2 rings (SSSR count). The SMILES string of the molecule is CC1(C)CCC(NC2CCC2C(=O)O)C1. The first-order valence-electron chi connectivity index (χ1n) is 5.97. The maximum absolute atomic E-state index is 10.9. The van der Waals surface area contributed by atoms with Gasteiger partial charge in [-0.3, -0.25) is 4.79 Å². The summed E-state index contributed by atoms with van der Waals surface area (Å²) in [5.74, 6) is -0.760. The van der Waals surface area contributed by atoms with E-state index in [0.717, 1.165) is 12.8 Å². The minimum Gasteiger partial charge on any atom is -0.481 e. The highest BCUT2D eigenvalue weighted by Gasteiger charge is 2.39. The van der Waals surface area contributed by atoms with E-state index < -0.39 is 5.97 Å². The summed E-state index contributed by atoms with van der Waals surface area (Å²) in [7, 11) is 0. The summed E-state index contributed by atoms with van der Waals surface area (Å²) in [5, 5.41) is 12.5. The van der Waals surface area contributed by atoms with Crippen LogP contribution in [0.25, 0.3) is 0 Å². The molecule has 2 aliphatic carbocycles. The van der Waals surface area contributed by atoms with Crippen LogP contribution in [0.5, 0.6) is 0 Å². The molecule has 3 heteroatoms.